The molecule has 1 aliphatic heterocycles. The summed E-state index contributed by atoms with van der Waals surface area (Å²) in [6, 6.07) is 1.90. The van der Waals surface area contributed by atoms with Crippen molar-refractivity contribution in [2.45, 2.75) is 20.3 Å². The van der Waals surface area contributed by atoms with Crippen molar-refractivity contribution >= 4 is 11.7 Å². The molecule has 0 N–H and O–H groups in total. The van der Waals surface area contributed by atoms with E-state index in [9.17, 15) is 0 Å². The highest BCUT2D eigenvalue weighted by atomic mass is 16.5. The van der Waals surface area contributed by atoms with E-state index in [2.05, 4.69) is 25.0 Å². The molecule has 0 spiro atoms. The summed E-state index contributed by atoms with van der Waals surface area (Å²) < 4.78 is 7.17. The van der Waals surface area contributed by atoms with Gasteiger partial charge in [0.2, 0.25) is 5.95 Å². The molecule has 0 amide bonds. The number of ether oxygens (including phenoxy) is 1. The fraction of sp³-hybridized carbons (Fsp3) is 0.438. The highest BCUT2D eigenvalue weighted by Crippen LogP contribution is 2.22. The Morgan fingerprint density at radius 3 is 2.79 bits per heavy atom. The zero-order valence-electron chi connectivity index (χ0n) is 13.8. The third-order valence-corrected chi connectivity index (χ3v) is 4.18. The molecule has 124 valence electrons. The predicted octanol–water partition coefficient (Wildman–Crippen LogP) is 1.29. The lowest BCUT2D eigenvalue weighted by molar-refractivity contribution is 0.122. The largest absolute Gasteiger partial charge is 0.378 e. The summed E-state index contributed by atoms with van der Waals surface area (Å²) in [4.78, 5) is 20.1. The van der Waals surface area contributed by atoms with Crippen molar-refractivity contribution in [1.29, 1.82) is 0 Å². The maximum Gasteiger partial charge on any atom is 0.252 e. The molecule has 1 aliphatic rings. The van der Waals surface area contributed by atoms with Gasteiger partial charge in [-0.25, -0.2) is 19.5 Å². The normalized spacial score (nSPS) is 15.2. The zero-order valence-corrected chi connectivity index (χ0v) is 13.8. The number of rotatable bonds is 3. The van der Waals surface area contributed by atoms with E-state index in [1.165, 1.54) is 0 Å². The first-order valence-electron chi connectivity index (χ1n) is 8.13. The van der Waals surface area contributed by atoms with Crippen LogP contribution in [0.15, 0.2) is 18.5 Å². The van der Waals surface area contributed by atoms with Gasteiger partial charge in [-0.1, -0.05) is 6.92 Å². The fourth-order valence-electron chi connectivity index (χ4n) is 2.80. The first-order valence-corrected chi connectivity index (χ1v) is 8.13. The number of hydrogen-bond acceptors (Lipinski definition) is 7. The van der Waals surface area contributed by atoms with Crippen molar-refractivity contribution in [3.05, 3.63) is 30.0 Å². The van der Waals surface area contributed by atoms with E-state index in [1.54, 1.807) is 10.7 Å². The highest BCUT2D eigenvalue weighted by molar-refractivity contribution is 5.63. The summed E-state index contributed by atoms with van der Waals surface area (Å²) in [7, 11) is 0. The summed E-state index contributed by atoms with van der Waals surface area (Å²) in [5.74, 6) is 2.14. The molecule has 0 radical (unpaired) electrons. The second kappa shape index (κ2) is 6.12. The summed E-state index contributed by atoms with van der Waals surface area (Å²) >= 11 is 0. The average Bonchev–Trinajstić information content (AvgIpc) is 3.07. The molecule has 8 nitrogen and oxygen atoms in total. The van der Waals surface area contributed by atoms with E-state index >= 15 is 0 Å². The molecule has 1 saturated heterocycles. The number of hydrogen-bond donors (Lipinski definition) is 0. The van der Waals surface area contributed by atoms with E-state index in [0.717, 1.165) is 48.2 Å². The summed E-state index contributed by atoms with van der Waals surface area (Å²) in [6.07, 6.45) is 4.38. The lowest BCUT2D eigenvalue weighted by Crippen LogP contribution is -2.37. The van der Waals surface area contributed by atoms with Gasteiger partial charge in [0.25, 0.3) is 5.78 Å². The molecule has 4 heterocycles. The van der Waals surface area contributed by atoms with Crippen LogP contribution in [0.5, 0.6) is 0 Å². The minimum atomic E-state index is 0.621. The number of morpholine rings is 1. The topological polar surface area (TPSA) is 81.3 Å². The third-order valence-electron chi connectivity index (χ3n) is 4.18. The Bertz CT molecular complexity index is 870. The minimum Gasteiger partial charge on any atom is -0.378 e. The molecule has 24 heavy (non-hydrogen) atoms. The van der Waals surface area contributed by atoms with Crippen molar-refractivity contribution < 1.29 is 4.74 Å². The van der Waals surface area contributed by atoms with Gasteiger partial charge in [-0.2, -0.15) is 4.98 Å². The Kier molecular flexibility index (Phi) is 3.81. The Morgan fingerprint density at radius 2 is 2.00 bits per heavy atom. The number of anilines is 1. The van der Waals surface area contributed by atoms with Gasteiger partial charge < -0.3 is 9.64 Å². The SMILES string of the molecule is CCc1nc2ncc(-c3ccnc(N4CCOCC4)n3)c(C)n2n1. The molecule has 0 bridgehead atoms. The maximum absolute atomic E-state index is 5.39. The molecule has 0 saturated carbocycles. The molecule has 0 unspecified atom stereocenters. The first-order chi connectivity index (χ1) is 11.8. The maximum atomic E-state index is 5.39. The van der Waals surface area contributed by atoms with Gasteiger partial charge in [-0.05, 0) is 13.0 Å². The van der Waals surface area contributed by atoms with E-state index in [4.69, 9.17) is 9.72 Å². The van der Waals surface area contributed by atoms with Gasteiger partial charge in [-0.15, -0.1) is 5.10 Å². The van der Waals surface area contributed by atoms with Crippen LogP contribution in [0, 0.1) is 6.92 Å². The number of fused-ring (bicyclic) bond motifs is 1. The Morgan fingerprint density at radius 1 is 1.17 bits per heavy atom. The van der Waals surface area contributed by atoms with Crippen LogP contribution in [0.25, 0.3) is 17.0 Å². The highest BCUT2D eigenvalue weighted by Gasteiger charge is 2.16. The standard InChI is InChI=1S/C16H19N7O/c1-3-14-20-16-18-10-12(11(2)23(16)21-14)13-4-5-17-15(19-13)22-6-8-24-9-7-22/h4-5,10H,3,6-9H2,1-2H3. The second-order valence-corrected chi connectivity index (χ2v) is 5.69. The Labute approximate surface area is 139 Å². The molecular weight excluding hydrogens is 306 g/mol. The van der Waals surface area contributed by atoms with Crippen LogP contribution in [0.3, 0.4) is 0 Å². The summed E-state index contributed by atoms with van der Waals surface area (Å²) in [6.45, 7) is 7.07. The van der Waals surface area contributed by atoms with Crippen LogP contribution < -0.4 is 4.90 Å². The fourth-order valence-corrected chi connectivity index (χ4v) is 2.80. The van der Waals surface area contributed by atoms with Crippen molar-refractivity contribution in [2.24, 2.45) is 0 Å². The van der Waals surface area contributed by atoms with Crippen molar-refractivity contribution in [2.75, 3.05) is 31.2 Å². The third kappa shape index (κ3) is 2.58. The molecule has 3 aromatic rings. The van der Waals surface area contributed by atoms with Gasteiger partial charge in [-0.3, -0.25) is 0 Å². The Balaban J connectivity index is 1.75. The number of nitrogens with zero attached hydrogens (tertiary/aromatic N) is 7. The van der Waals surface area contributed by atoms with Crippen LogP contribution in [0.2, 0.25) is 0 Å². The Hall–Kier alpha value is -2.61. The van der Waals surface area contributed by atoms with Crippen LogP contribution in [0.4, 0.5) is 5.95 Å². The molecule has 4 rings (SSSR count). The van der Waals surface area contributed by atoms with E-state index in [-0.39, 0.29) is 0 Å². The number of aryl methyl sites for hydroxylation is 2. The van der Waals surface area contributed by atoms with Gasteiger partial charge in [0, 0.05) is 37.5 Å². The predicted molar refractivity (Wildman–Crippen MR) is 89.0 cm³/mol. The lowest BCUT2D eigenvalue weighted by atomic mass is 10.2. The zero-order chi connectivity index (χ0) is 16.5. The first kappa shape index (κ1) is 14.9. The second-order valence-electron chi connectivity index (χ2n) is 5.69. The van der Waals surface area contributed by atoms with E-state index in [0.29, 0.717) is 19.0 Å². The summed E-state index contributed by atoms with van der Waals surface area (Å²) in [5.41, 5.74) is 2.75. The van der Waals surface area contributed by atoms with Gasteiger partial charge >= 0.3 is 0 Å². The van der Waals surface area contributed by atoms with Crippen LogP contribution in [-0.4, -0.2) is 55.9 Å². The minimum absolute atomic E-state index is 0.621. The van der Waals surface area contributed by atoms with Crippen LogP contribution >= 0.6 is 0 Å². The lowest BCUT2D eigenvalue weighted by Gasteiger charge is -2.26. The molecule has 0 aromatic carbocycles. The van der Waals surface area contributed by atoms with Crippen LogP contribution in [0.1, 0.15) is 18.4 Å². The molecule has 8 heteroatoms. The van der Waals surface area contributed by atoms with E-state index in [1.807, 2.05) is 26.1 Å². The molecule has 1 fully saturated rings. The van der Waals surface area contributed by atoms with Gasteiger partial charge in [0.05, 0.1) is 24.6 Å². The van der Waals surface area contributed by atoms with E-state index < -0.39 is 0 Å². The molecule has 0 aliphatic carbocycles. The molecule has 3 aromatic heterocycles. The van der Waals surface area contributed by atoms with Crippen molar-refractivity contribution in [3.63, 3.8) is 0 Å². The molecule has 0 atom stereocenters. The smallest absolute Gasteiger partial charge is 0.252 e. The molecular formula is C16H19N7O. The summed E-state index contributed by atoms with van der Waals surface area (Å²) in [5, 5.41) is 4.50. The monoisotopic (exact) mass is 325 g/mol. The average molecular weight is 325 g/mol. The van der Waals surface area contributed by atoms with Gasteiger partial charge in [0.1, 0.15) is 0 Å². The quantitative estimate of drug-likeness (QED) is 0.717. The van der Waals surface area contributed by atoms with Gasteiger partial charge in [0.15, 0.2) is 5.82 Å². The number of aromatic nitrogens is 6. The van der Waals surface area contributed by atoms with Crippen molar-refractivity contribution in [3.8, 4) is 11.3 Å². The van der Waals surface area contributed by atoms with Crippen LogP contribution in [-0.2, 0) is 11.2 Å². The van der Waals surface area contributed by atoms with Crippen molar-refractivity contribution in [1.82, 2.24) is 29.5 Å².